The summed E-state index contributed by atoms with van der Waals surface area (Å²) in [6.07, 6.45) is 8.97. The molecule has 1 heterocycles. The number of hydrogen-bond donors (Lipinski definition) is 0. The minimum absolute atomic E-state index is 0.343. The van der Waals surface area contributed by atoms with Crippen molar-refractivity contribution in [1.82, 2.24) is 9.80 Å². The number of hydrogen-bond acceptors (Lipinski definition) is 2. The van der Waals surface area contributed by atoms with Gasteiger partial charge in [-0.25, -0.2) is 0 Å². The fraction of sp³-hybridized carbons (Fsp3) is 0.933. The van der Waals surface area contributed by atoms with Crippen molar-refractivity contribution in [2.45, 2.75) is 57.9 Å². The molecule has 1 amide bonds. The quantitative estimate of drug-likeness (QED) is 0.770. The minimum Gasteiger partial charge on any atom is -0.342 e. The number of amides is 1. The van der Waals surface area contributed by atoms with E-state index in [9.17, 15) is 4.79 Å². The number of carbonyl (C=O) groups is 1. The van der Waals surface area contributed by atoms with Crippen molar-refractivity contribution >= 4 is 5.91 Å². The number of carbonyl (C=O) groups excluding carboxylic acids is 1. The third kappa shape index (κ3) is 3.71. The van der Waals surface area contributed by atoms with Gasteiger partial charge in [-0.15, -0.1) is 0 Å². The molecule has 1 aliphatic heterocycles. The van der Waals surface area contributed by atoms with E-state index in [1.54, 1.807) is 0 Å². The fourth-order valence-corrected chi connectivity index (χ4v) is 3.22. The molecule has 0 aromatic rings. The van der Waals surface area contributed by atoms with Crippen molar-refractivity contribution in [3.05, 3.63) is 0 Å². The standard InChI is InChI=1S/C15H28N2O/c1-13-8-10-17(11-9-13)15(18)12-16(2)14-6-4-3-5-7-14/h13-14H,3-12H2,1-2H3. The first-order valence-electron chi connectivity index (χ1n) is 7.65. The van der Waals surface area contributed by atoms with E-state index in [1.165, 1.54) is 44.9 Å². The van der Waals surface area contributed by atoms with Gasteiger partial charge in [0.15, 0.2) is 0 Å². The normalized spacial score (nSPS) is 23.6. The van der Waals surface area contributed by atoms with Crippen LogP contribution in [0, 0.1) is 5.92 Å². The molecule has 104 valence electrons. The lowest BCUT2D eigenvalue weighted by atomic mass is 9.94. The van der Waals surface area contributed by atoms with Gasteiger partial charge < -0.3 is 4.90 Å². The van der Waals surface area contributed by atoms with E-state index < -0.39 is 0 Å². The first kappa shape index (κ1) is 13.9. The summed E-state index contributed by atoms with van der Waals surface area (Å²) < 4.78 is 0. The monoisotopic (exact) mass is 252 g/mol. The van der Waals surface area contributed by atoms with Gasteiger partial charge in [0.2, 0.25) is 5.91 Å². The lowest BCUT2D eigenvalue weighted by Gasteiger charge is -2.34. The smallest absolute Gasteiger partial charge is 0.236 e. The van der Waals surface area contributed by atoms with Gasteiger partial charge in [0.25, 0.3) is 0 Å². The molecule has 0 spiro atoms. The van der Waals surface area contributed by atoms with Crippen molar-refractivity contribution in [3.8, 4) is 0 Å². The third-order valence-electron chi connectivity index (χ3n) is 4.72. The highest BCUT2D eigenvalue weighted by molar-refractivity contribution is 5.78. The molecule has 0 unspecified atom stereocenters. The van der Waals surface area contributed by atoms with Gasteiger partial charge in [0, 0.05) is 19.1 Å². The second-order valence-electron chi connectivity index (χ2n) is 6.27. The molecular weight excluding hydrogens is 224 g/mol. The second kappa shape index (κ2) is 6.55. The lowest BCUT2D eigenvalue weighted by molar-refractivity contribution is -0.134. The first-order valence-corrected chi connectivity index (χ1v) is 7.65. The van der Waals surface area contributed by atoms with E-state index in [1.807, 2.05) is 0 Å². The Morgan fingerprint density at radius 1 is 1.11 bits per heavy atom. The Labute approximate surface area is 112 Å². The summed E-state index contributed by atoms with van der Waals surface area (Å²) in [5, 5.41) is 0. The molecule has 0 N–H and O–H groups in total. The highest BCUT2D eigenvalue weighted by Gasteiger charge is 2.24. The molecular formula is C15H28N2O. The molecule has 2 aliphatic rings. The van der Waals surface area contributed by atoms with Crippen molar-refractivity contribution < 1.29 is 4.79 Å². The first-order chi connectivity index (χ1) is 8.66. The second-order valence-corrected chi connectivity index (χ2v) is 6.27. The molecule has 1 aliphatic carbocycles. The molecule has 2 rings (SSSR count). The molecule has 0 bridgehead atoms. The number of rotatable bonds is 3. The van der Waals surface area contributed by atoms with Gasteiger partial charge >= 0.3 is 0 Å². The zero-order chi connectivity index (χ0) is 13.0. The molecule has 0 atom stereocenters. The number of likely N-dealkylation sites (N-methyl/N-ethyl adjacent to an activating group) is 1. The summed E-state index contributed by atoms with van der Waals surface area (Å²) in [6, 6.07) is 0.645. The molecule has 18 heavy (non-hydrogen) atoms. The van der Waals surface area contributed by atoms with Crippen LogP contribution in [-0.2, 0) is 4.79 Å². The van der Waals surface area contributed by atoms with Crippen LogP contribution in [0.5, 0.6) is 0 Å². The van der Waals surface area contributed by atoms with Crippen LogP contribution in [0.3, 0.4) is 0 Å². The van der Waals surface area contributed by atoms with Crippen LogP contribution in [0.15, 0.2) is 0 Å². The van der Waals surface area contributed by atoms with E-state index in [4.69, 9.17) is 0 Å². The van der Waals surface area contributed by atoms with Crippen LogP contribution < -0.4 is 0 Å². The van der Waals surface area contributed by atoms with E-state index in [2.05, 4.69) is 23.8 Å². The highest BCUT2D eigenvalue weighted by atomic mass is 16.2. The summed E-state index contributed by atoms with van der Waals surface area (Å²) in [5.41, 5.74) is 0. The number of piperidine rings is 1. The minimum atomic E-state index is 0.343. The van der Waals surface area contributed by atoms with Crippen LogP contribution in [0.2, 0.25) is 0 Å². The predicted molar refractivity (Wildman–Crippen MR) is 74.5 cm³/mol. The van der Waals surface area contributed by atoms with E-state index in [0.717, 1.165) is 19.0 Å². The van der Waals surface area contributed by atoms with Crippen molar-refractivity contribution in [2.75, 3.05) is 26.7 Å². The summed E-state index contributed by atoms with van der Waals surface area (Å²) in [6.45, 7) is 4.85. The third-order valence-corrected chi connectivity index (χ3v) is 4.72. The van der Waals surface area contributed by atoms with E-state index in [0.29, 0.717) is 18.5 Å². The fourth-order valence-electron chi connectivity index (χ4n) is 3.22. The van der Waals surface area contributed by atoms with E-state index >= 15 is 0 Å². The van der Waals surface area contributed by atoms with Gasteiger partial charge in [0.05, 0.1) is 6.54 Å². The average molecular weight is 252 g/mol. The van der Waals surface area contributed by atoms with Crippen molar-refractivity contribution in [3.63, 3.8) is 0 Å². The Morgan fingerprint density at radius 3 is 2.33 bits per heavy atom. The maximum Gasteiger partial charge on any atom is 0.236 e. The molecule has 2 fully saturated rings. The van der Waals surface area contributed by atoms with Gasteiger partial charge in [0.1, 0.15) is 0 Å². The van der Waals surface area contributed by atoms with Crippen LogP contribution >= 0.6 is 0 Å². The molecule has 0 aromatic carbocycles. The highest BCUT2D eigenvalue weighted by Crippen LogP contribution is 2.22. The number of likely N-dealkylation sites (tertiary alicyclic amines) is 1. The molecule has 3 nitrogen and oxygen atoms in total. The Hall–Kier alpha value is -0.570. The Bertz CT molecular complexity index is 266. The zero-order valence-electron chi connectivity index (χ0n) is 12.0. The molecule has 3 heteroatoms. The zero-order valence-corrected chi connectivity index (χ0v) is 12.0. The SMILES string of the molecule is CC1CCN(C(=O)CN(C)C2CCCCC2)CC1. The Balaban J connectivity index is 1.75. The van der Waals surface area contributed by atoms with E-state index in [-0.39, 0.29) is 0 Å². The maximum atomic E-state index is 12.2. The van der Waals surface area contributed by atoms with Crippen LogP contribution in [0.1, 0.15) is 51.9 Å². The molecule has 1 saturated heterocycles. The van der Waals surface area contributed by atoms with Gasteiger partial charge in [-0.05, 0) is 38.6 Å². The predicted octanol–water partition coefficient (Wildman–Crippen LogP) is 2.51. The largest absolute Gasteiger partial charge is 0.342 e. The van der Waals surface area contributed by atoms with Gasteiger partial charge in [-0.2, -0.15) is 0 Å². The van der Waals surface area contributed by atoms with Crippen molar-refractivity contribution in [2.24, 2.45) is 5.92 Å². The summed E-state index contributed by atoms with van der Waals surface area (Å²) in [4.78, 5) is 16.6. The Morgan fingerprint density at radius 2 is 1.72 bits per heavy atom. The van der Waals surface area contributed by atoms with Gasteiger partial charge in [-0.3, -0.25) is 9.69 Å². The average Bonchev–Trinajstić information content (AvgIpc) is 2.40. The lowest BCUT2D eigenvalue weighted by Crippen LogP contribution is -2.45. The van der Waals surface area contributed by atoms with Crippen LogP contribution in [0.25, 0.3) is 0 Å². The molecule has 0 radical (unpaired) electrons. The van der Waals surface area contributed by atoms with Crippen LogP contribution in [0.4, 0.5) is 0 Å². The maximum absolute atomic E-state index is 12.2. The molecule has 1 saturated carbocycles. The topological polar surface area (TPSA) is 23.6 Å². The number of nitrogens with zero attached hydrogens (tertiary/aromatic N) is 2. The summed E-state index contributed by atoms with van der Waals surface area (Å²) in [7, 11) is 2.13. The Kier molecular flexibility index (Phi) is 5.04. The summed E-state index contributed by atoms with van der Waals surface area (Å²) >= 11 is 0. The van der Waals surface area contributed by atoms with Gasteiger partial charge in [-0.1, -0.05) is 26.2 Å². The van der Waals surface area contributed by atoms with Crippen molar-refractivity contribution in [1.29, 1.82) is 0 Å². The van der Waals surface area contributed by atoms with Crippen LogP contribution in [-0.4, -0.2) is 48.4 Å². The molecule has 0 aromatic heterocycles. The summed E-state index contributed by atoms with van der Waals surface area (Å²) in [5.74, 6) is 1.14.